The Morgan fingerprint density at radius 3 is 2.24 bits per heavy atom. The van der Waals surface area contributed by atoms with Crippen molar-refractivity contribution in [3.63, 3.8) is 0 Å². The van der Waals surface area contributed by atoms with Crippen LogP contribution in [0, 0.1) is 29.1 Å². The zero-order valence-corrected chi connectivity index (χ0v) is 12.1. The van der Waals surface area contributed by atoms with E-state index in [0.717, 1.165) is 17.8 Å². The van der Waals surface area contributed by atoms with E-state index in [2.05, 4.69) is 16.4 Å². The van der Waals surface area contributed by atoms with Gasteiger partial charge in [0.05, 0.1) is 5.69 Å². The predicted octanol–water partition coefficient (Wildman–Crippen LogP) is 2.50. The van der Waals surface area contributed by atoms with E-state index >= 15 is 0 Å². The molecule has 1 aromatic rings. The van der Waals surface area contributed by atoms with Crippen LogP contribution in [-0.2, 0) is 0 Å². The SMILES string of the molecule is N#Cc1c(N)cc(N)nc1NC12CC3CC(CC(C3)C1)C2. The Balaban J connectivity index is 1.69. The minimum Gasteiger partial charge on any atom is -0.397 e. The normalized spacial score (nSPS) is 36.4. The number of nitrogens with two attached hydrogens (primary N) is 2. The van der Waals surface area contributed by atoms with Crippen LogP contribution in [0.1, 0.15) is 44.1 Å². The first kappa shape index (κ1) is 12.8. The van der Waals surface area contributed by atoms with Crippen molar-refractivity contribution in [2.24, 2.45) is 17.8 Å². The zero-order valence-electron chi connectivity index (χ0n) is 12.1. The van der Waals surface area contributed by atoms with Gasteiger partial charge in [0.1, 0.15) is 23.3 Å². The Labute approximate surface area is 124 Å². The molecule has 5 heteroatoms. The van der Waals surface area contributed by atoms with Crippen LogP contribution in [0.2, 0.25) is 0 Å². The van der Waals surface area contributed by atoms with Crippen molar-refractivity contribution in [2.45, 2.75) is 44.1 Å². The first-order chi connectivity index (χ1) is 10.1. The number of aromatic nitrogens is 1. The van der Waals surface area contributed by atoms with Gasteiger partial charge in [0.25, 0.3) is 0 Å². The number of anilines is 3. The lowest BCUT2D eigenvalue weighted by atomic mass is 9.53. The van der Waals surface area contributed by atoms with Gasteiger partial charge in [-0.3, -0.25) is 0 Å². The maximum Gasteiger partial charge on any atom is 0.148 e. The molecule has 0 radical (unpaired) electrons. The topological polar surface area (TPSA) is 101 Å². The van der Waals surface area contributed by atoms with Crippen molar-refractivity contribution < 1.29 is 0 Å². The summed E-state index contributed by atoms with van der Waals surface area (Å²) in [6.07, 6.45) is 7.75. The third-order valence-corrected chi connectivity index (χ3v) is 5.60. The van der Waals surface area contributed by atoms with Crippen LogP contribution >= 0.6 is 0 Å². The molecule has 5 nitrogen and oxygen atoms in total. The standard InChI is InChI=1S/C16H21N5/c17-8-12-13(18)4-14(19)20-15(12)21-16-5-9-1-10(6-16)3-11(2-9)7-16/h4,9-11H,1-3,5-7H2,(H5,18,19,20,21). The highest BCUT2D eigenvalue weighted by atomic mass is 15.1. The summed E-state index contributed by atoms with van der Waals surface area (Å²) in [4.78, 5) is 4.35. The van der Waals surface area contributed by atoms with Crippen LogP contribution in [0.5, 0.6) is 0 Å². The van der Waals surface area contributed by atoms with Gasteiger partial charge in [-0.15, -0.1) is 0 Å². The molecular weight excluding hydrogens is 262 g/mol. The Morgan fingerprint density at radius 2 is 1.71 bits per heavy atom. The molecule has 4 aliphatic rings. The number of pyridine rings is 1. The van der Waals surface area contributed by atoms with Gasteiger partial charge in [-0.1, -0.05) is 0 Å². The molecule has 1 aromatic heterocycles. The Kier molecular flexibility index (Phi) is 2.59. The van der Waals surface area contributed by atoms with Crippen molar-refractivity contribution in [3.8, 4) is 6.07 Å². The van der Waals surface area contributed by atoms with Gasteiger partial charge in [-0.2, -0.15) is 5.26 Å². The molecule has 5 rings (SSSR count). The third-order valence-electron chi connectivity index (χ3n) is 5.60. The monoisotopic (exact) mass is 283 g/mol. The lowest BCUT2D eigenvalue weighted by molar-refractivity contribution is 0.0105. The fraction of sp³-hybridized carbons (Fsp3) is 0.625. The fourth-order valence-electron chi connectivity index (χ4n) is 5.31. The van der Waals surface area contributed by atoms with Crippen LogP contribution in [0.15, 0.2) is 6.07 Å². The van der Waals surface area contributed by atoms with Crippen LogP contribution in [0.25, 0.3) is 0 Å². The molecule has 4 saturated carbocycles. The maximum absolute atomic E-state index is 9.35. The van der Waals surface area contributed by atoms with Gasteiger partial charge >= 0.3 is 0 Å². The summed E-state index contributed by atoms with van der Waals surface area (Å²) in [5, 5.41) is 12.9. The van der Waals surface area contributed by atoms with E-state index in [-0.39, 0.29) is 5.54 Å². The molecule has 110 valence electrons. The summed E-state index contributed by atoms with van der Waals surface area (Å²) in [5.41, 5.74) is 12.7. The number of nitriles is 1. The van der Waals surface area contributed by atoms with Crippen molar-refractivity contribution in [3.05, 3.63) is 11.6 Å². The first-order valence-corrected chi connectivity index (χ1v) is 7.81. The van der Waals surface area contributed by atoms with E-state index in [0.29, 0.717) is 22.9 Å². The van der Waals surface area contributed by atoms with Gasteiger partial charge in [0.2, 0.25) is 0 Å². The van der Waals surface area contributed by atoms with Crippen LogP contribution in [0.4, 0.5) is 17.3 Å². The molecule has 0 saturated heterocycles. The molecule has 4 aliphatic carbocycles. The van der Waals surface area contributed by atoms with Crippen molar-refractivity contribution in [1.82, 2.24) is 4.98 Å². The highest BCUT2D eigenvalue weighted by molar-refractivity contribution is 5.70. The summed E-state index contributed by atoms with van der Waals surface area (Å²) < 4.78 is 0. The first-order valence-electron chi connectivity index (χ1n) is 7.81. The van der Waals surface area contributed by atoms with E-state index in [1.54, 1.807) is 6.07 Å². The maximum atomic E-state index is 9.35. The van der Waals surface area contributed by atoms with E-state index in [4.69, 9.17) is 11.5 Å². The molecule has 1 heterocycles. The molecule has 0 atom stereocenters. The number of hydrogen-bond acceptors (Lipinski definition) is 5. The Morgan fingerprint density at radius 1 is 1.14 bits per heavy atom. The molecule has 5 N–H and O–H groups in total. The number of rotatable bonds is 2. The molecule has 21 heavy (non-hydrogen) atoms. The van der Waals surface area contributed by atoms with E-state index in [1.165, 1.54) is 38.5 Å². The van der Waals surface area contributed by atoms with Crippen LogP contribution in [0.3, 0.4) is 0 Å². The van der Waals surface area contributed by atoms with E-state index in [1.807, 2.05) is 0 Å². The average Bonchev–Trinajstić information content (AvgIpc) is 2.35. The summed E-state index contributed by atoms with van der Waals surface area (Å²) >= 11 is 0. The third kappa shape index (κ3) is 2.01. The molecule has 0 amide bonds. The number of nitrogens with one attached hydrogen (secondary N) is 1. The molecule has 4 fully saturated rings. The molecule has 0 aromatic carbocycles. The van der Waals surface area contributed by atoms with Gasteiger partial charge in [0.15, 0.2) is 0 Å². The zero-order chi connectivity index (χ0) is 14.6. The predicted molar refractivity (Wildman–Crippen MR) is 82.3 cm³/mol. The van der Waals surface area contributed by atoms with Crippen molar-refractivity contribution >= 4 is 17.3 Å². The minimum absolute atomic E-state index is 0.105. The van der Waals surface area contributed by atoms with Crippen molar-refractivity contribution in [2.75, 3.05) is 16.8 Å². The van der Waals surface area contributed by atoms with E-state index in [9.17, 15) is 5.26 Å². The minimum atomic E-state index is 0.105. The lowest BCUT2D eigenvalue weighted by Gasteiger charge is -2.57. The number of nitrogens with zero attached hydrogens (tertiary/aromatic N) is 2. The molecule has 0 aliphatic heterocycles. The summed E-state index contributed by atoms with van der Waals surface area (Å²) in [7, 11) is 0. The smallest absolute Gasteiger partial charge is 0.148 e. The number of nitrogen functional groups attached to an aromatic ring is 2. The van der Waals surface area contributed by atoms with Gasteiger partial charge in [0, 0.05) is 11.6 Å². The molecule has 0 spiro atoms. The second-order valence-corrected chi connectivity index (χ2v) is 7.29. The highest BCUT2D eigenvalue weighted by Crippen LogP contribution is 2.56. The summed E-state index contributed by atoms with van der Waals surface area (Å²) in [6, 6.07) is 3.73. The second-order valence-electron chi connectivity index (χ2n) is 7.29. The largest absolute Gasteiger partial charge is 0.397 e. The van der Waals surface area contributed by atoms with Crippen molar-refractivity contribution in [1.29, 1.82) is 5.26 Å². The average molecular weight is 283 g/mol. The summed E-state index contributed by atoms with van der Waals surface area (Å²) in [5.74, 6) is 3.48. The van der Waals surface area contributed by atoms with Crippen LogP contribution in [-0.4, -0.2) is 10.5 Å². The fourth-order valence-corrected chi connectivity index (χ4v) is 5.31. The van der Waals surface area contributed by atoms with Gasteiger partial charge in [-0.25, -0.2) is 4.98 Å². The molecular formula is C16H21N5. The Hall–Kier alpha value is -1.96. The van der Waals surface area contributed by atoms with E-state index < -0.39 is 0 Å². The van der Waals surface area contributed by atoms with Gasteiger partial charge < -0.3 is 16.8 Å². The van der Waals surface area contributed by atoms with Crippen LogP contribution < -0.4 is 16.8 Å². The molecule has 0 unspecified atom stereocenters. The molecule has 4 bridgehead atoms. The Bertz CT molecular complexity index is 595. The summed E-state index contributed by atoms with van der Waals surface area (Å²) in [6.45, 7) is 0. The lowest BCUT2D eigenvalue weighted by Crippen LogP contribution is -2.55. The quantitative estimate of drug-likeness (QED) is 0.774. The second kappa shape index (κ2) is 4.27. The van der Waals surface area contributed by atoms with Gasteiger partial charge in [-0.05, 0) is 56.3 Å². The highest BCUT2D eigenvalue weighted by Gasteiger charge is 2.51. The number of hydrogen-bond donors (Lipinski definition) is 3.